The molecule has 5 nitrogen and oxygen atoms in total. The second kappa shape index (κ2) is 10.3. The predicted octanol–water partition coefficient (Wildman–Crippen LogP) is 1.16. The summed E-state index contributed by atoms with van der Waals surface area (Å²) in [5, 5.41) is 2.94. The van der Waals surface area contributed by atoms with E-state index in [4.69, 9.17) is 10.5 Å². The number of amides is 1. The third kappa shape index (κ3) is 6.25. The van der Waals surface area contributed by atoms with E-state index in [9.17, 15) is 4.79 Å². The number of ether oxygens (including phenoxy) is 1. The molecule has 0 saturated carbocycles. The van der Waals surface area contributed by atoms with E-state index in [-0.39, 0.29) is 18.6 Å². The van der Waals surface area contributed by atoms with Crippen LogP contribution < -0.4 is 11.1 Å². The van der Waals surface area contributed by atoms with Crippen LogP contribution >= 0.6 is 0 Å². The van der Waals surface area contributed by atoms with Gasteiger partial charge in [-0.25, -0.2) is 0 Å². The molecule has 118 valence electrons. The highest BCUT2D eigenvalue weighted by atomic mass is 16.5. The molecule has 0 aromatic heterocycles. The van der Waals surface area contributed by atoms with Gasteiger partial charge in [-0.05, 0) is 18.7 Å². The lowest BCUT2D eigenvalue weighted by Gasteiger charge is -2.30. The van der Waals surface area contributed by atoms with Gasteiger partial charge in [0.05, 0.1) is 12.6 Å². The van der Waals surface area contributed by atoms with Gasteiger partial charge in [0.1, 0.15) is 6.61 Å². The van der Waals surface area contributed by atoms with E-state index in [0.29, 0.717) is 19.7 Å². The number of benzene rings is 1. The molecule has 1 aromatic carbocycles. The Bertz CT molecular complexity index is 394. The predicted molar refractivity (Wildman–Crippen MR) is 85.0 cm³/mol. The van der Waals surface area contributed by atoms with Crippen LogP contribution in [0.25, 0.3) is 0 Å². The number of rotatable bonds is 10. The van der Waals surface area contributed by atoms with E-state index in [1.165, 1.54) is 5.56 Å². The van der Waals surface area contributed by atoms with E-state index in [0.717, 1.165) is 13.1 Å². The van der Waals surface area contributed by atoms with Crippen molar-refractivity contribution in [1.29, 1.82) is 0 Å². The molecule has 0 aliphatic carbocycles. The van der Waals surface area contributed by atoms with Crippen LogP contribution in [0.4, 0.5) is 0 Å². The van der Waals surface area contributed by atoms with E-state index in [2.05, 4.69) is 36.2 Å². The first-order valence-electron chi connectivity index (χ1n) is 7.56. The third-order valence-electron chi connectivity index (χ3n) is 3.43. The molecule has 1 unspecified atom stereocenters. The largest absolute Gasteiger partial charge is 0.370 e. The molecule has 0 aliphatic rings. The number of nitrogens with two attached hydrogens (primary N) is 1. The van der Waals surface area contributed by atoms with Crippen LogP contribution in [0.2, 0.25) is 0 Å². The summed E-state index contributed by atoms with van der Waals surface area (Å²) >= 11 is 0. The zero-order valence-electron chi connectivity index (χ0n) is 13.0. The van der Waals surface area contributed by atoms with Crippen molar-refractivity contribution in [3.63, 3.8) is 0 Å². The van der Waals surface area contributed by atoms with Crippen molar-refractivity contribution < 1.29 is 9.53 Å². The fourth-order valence-electron chi connectivity index (χ4n) is 2.31. The summed E-state index contributed by atoms with van der Waals surface area (Å²) in [6.07, 6.45) is 0. The van der Waals surface area contributed by atoms with Gasteiger partial charge in [0.15, 0.2) is 0 Å². The molecule has 0 bridgehead atoms. The number of hydrogen-bond acceptors (Lipinski definition) is 4. The second-order valence-electron chi connectivity index (χ2n) is 4.79. The Morgan fingerprint density at radius 2 is 1.95 bits per heavy atom. The first-order valence-corrected chi connectivity index (χ1v) is 7.56. The van der Waals surface area contributed by atoms with E-state index >= 15 is 0 Å². The smallest absolute Gasteiger partial charge is 0.246 e. The lowest BCUT2D eigenvalue weighted by Crippen LogP contribution is -2.39. The second-order valence-corrected chi connectivity index (χ2v) is 4.79. The van der Waals surface area contributed by atoms with Gasteiger partial charge in [0.25, 0.3) is 0 Å². The van der Waals surface area contributed by atoms with Crippen molar-refractivity contribution >= 4 is 5.91 Å². The highest BCUT2D eigenvalue weighted by Crippen LogP contribution is 2.19. The summed E-state index contributed by atoms with van der Waals surface area (Å²) in [6, 6.07) is 10.4. The van der Waals surface area contributed by atoms with Crippen LogP contribution in [-0.4, -0.2) is 50.2 Å². The Hall–Kier alpha value is -1.43. The molecule has 1 aromatic rings. The molecule has 1 atom stereocenters. The maximum absolute atomic E-state index is 11.8. The first-order chi connectivity index (χ1) is 10.2. The maximum atomic E-state index is 11.8. The Labute approximate surface area is 127 Å². The van der Waals surface area contributed by atoms with Gasteiger partial charge in [-0.2, -0.15) is 0 Å². The Kier molecular flexibility index (Phi) is 8.66. The normalized spacial score (nSPS) is 12.4. The molecule has 5 heteroatoms. The molecule has 0 aliphatic heterocycles. The van der Waals surface area contributed by atoms with Gasteiger partial charge in [-0.15, -0.1) is 0 Å². The van der Waals surface area contributed by atoms with Crippen LogP contribution in [0, 0.1) is 0 Å². The molecule has 3 N–H and O–H groups in total. The van der Waals surface area contributed by atoms with E-state index in [1.807, 2.05) is 18.2 Å². The molecule has 0 spiro atoms. The summed E-state index contributed by atoms with van der Waals surface area (Å²) < 4.78 is 5.15. The standard InChI is InChI=1S/C16H27N3O2/c1-3-19(4-2)15(14-8-6-5-7-9-14)12-18-16(20)13-21-11-10-17/h5-9,15H,3-4,10-13,17H2,1-2H3,(H,18,20). The van der Waals surface area contributed by atoms with Gasteiger partial charge < -0.3 is 15.8 Å². The summed E-state index contributed by atoms with van der Waals surface area (Å²) in [6.45, 7) is 7.63. The van der Waals surface area contributed by atoms with Crippen molar-refractivity contribution in [2.45, 2.75) is 19.9 Å². The minimum Gasteiger partial charge on any atom is -0.370 e. The molecule has 1 rings (SSSR count). The SMILES string of the molecule is CCN(CC)C(CNC(=O)COCCN)c1ccccc1. The van der Waals surface area contributed by atoms with Crippen LogP contribution in [0.3, 0.4) is 0 Å². The van der Waals surface area contributed by atoms with Crippen LogP contribution in [0.1, 0.15) is 25.5 Å². The molecular weight excluding hydrogens is 266 g/mol. The van der Waals surface area contributed by atoms with Crippen LogP contribution in [0.5, 0.6) is 0 Å². The molecule has 0 saturated heterocycles. The van der Waals surface area contributed by atoms with Crippen molar-refractivity contribution in [3.05, 3.63) is 35.9 Å². The average molecular weight is 293 g/mol. The molecule has 21 heavy (non-hydrogen) atoms. The monoisotopic (exact) mass is 293 g/mol. The van der Waals surface area contributed by atoms with E-state index < -0.39 is 0 Å². The average Bonchev–Trinajstić information content (AvgIpc) is 2.52. The lowest BCUT2D eigenvalue weighted by atomic mass is 10.1. The van der Waals surface area contributed by atoms with Gasteiger partial charge in [0.2, 0.25) is 5.91 Å². The first kappa shape index (κ1) is 17.6. The topological polar surface area (TPSA) is 67.6 Å². The van der Waals surface area contributed by atoms with Crippen molar-refractivity contribution in [3.8, 4) is 0 Å². The number of carbonyl (C=O) groups excluding carboxylic acids is 1. The molecule has 0 fully saturated rings. The van der Waals surface area contributed by atoms with Crippen LogP contribution in [0.15, 0.2) is 30.3 Å². The Morgan fingerprint density at radius 3 is 2.52 bits per heavy atom. The Morgan fingerprint density at radius 1 is 1.29 bits per heavy atom. The highest BCUT2D eigenvalue weighted by molar-refractivity contribution is 5.77. The summed E-state index contributed by atoms with van der Waals surface area (Å²) in [5.41, 5.74) is 6.54. The van der Waals surface area contributed by atoms with Gasteiger partial charge >= 0.3 is 0 Å². The van der Waals surface area contributed by atoms with Crippen LogP contribution in [-0.2, 0) is 9.53 Å². The molecule has 1 amide bonds. The number of nitrogens with zero attached hydrogens (tertiary/aromatic N) is 1. The Balaban J connectivity index is 2.60. The molecular formula is C16H27N3O2. The number of nitrogens with one attached hydrogen (secondary N) is 1. The summed E-state index contributed by atoms with van der Waals surface area (Å²) in [4.78, 5) is 14.1. The zero-order chi connectivity index (χ0) is 15.5. The quantitative estimate of drug-likeness (QED) is 0.635. The number of carbonyl (C=O) groups is 1. The minimum absolute atomic E-state index is 0.0664. The highest BCUT2D eigenvalue weighted by Gasteiger charge is 2.18. The minimum atomic E-state index is -0.100. The fraction of sp³-hybridized carbons (Fsp3) is 0.562. The lowest BCUT2D eigenvalue weighted by molar-refractivity contribution is -0.125. The summed E-state index contributed by atoms with van der Waals surface area (Å²) in [5.74, 6) is -0.100. The summed E-state index contributed by atoms with van der Waals surface area (Å²) in [7, 11) is 0. The third-order valence-corrected chi connectivity index (χ3v) is 3.43. The number of likely N-dealkylation sites (N-methyl/N-ethyl adjacent to an activating group) is 1. The van der Waals surface area contributed by atoms with Gasteiger partial charge in [-0.3, -0.25) is 9.69 Å². The van der Waals surface area contributed by atoms with Gasteiger partial charge in [0, 0.05) is 13.1 Å². The fourth-order valence-corrected chi connectivity index (χ4v) is 2.31. The van der Waals surface area contributed by atoms with Gasteiger partial charge in [-0.1, -0.05) is 44.2 Å². The molecule has 0 radical (unpaired) electrons. The zero-order valence-corrected chi connectivity index (χ0v) is 13.0. The van der Waals surface area contributed by atoms with E-state index in [1.54, 1.807) is 0 Å². The molecule has 0 heterocycles. The van der Waals surface area contributed by atoms with Crippen molar-refractivity contribution in [2.75, 3.05) is 39.4 Å². The van der Waals surface area contributed by atoms with Crippen molar-refractivity contribution in [1.82, 2.24) is 10.2 Å². The maximum Gasteiger partial charge on any atom is 0.246 e. The van der Waals surface area contributed by atoms with Crippen molar-refractivity contribution in [2.24, 2.45) is 5.73 Å². The number of hydrogen-bond donors (Lipinski definition) is 2.